The quantitative estimate of drug-likeness (QED) is 0.798. The Morgan fingerprint density at radius 3 is 2.36 bits per heavy atom. The molecule has 28 heavy (non-hydrogen) atoms. The number of hydrogen-bond donors (Lipinski definition) is 1. The van der Waals surface area contributed by atoms with Crippen molar-refractivity contribution in [3.05, 3.63) is 77.4 Å². The molecule has 1 saturated heterocycles. The van der Waals surface area contributed by atoms with Gasteiger partial charge in [0, 0.05) is 25.1 Å². The molecule has 1 unspecified atom stereocenters. The van der Waals surface area contributed by atoms with Crippen molar-refractivity contribution in [1.29, 1.82) is 0 Å². The second-order valence-electron chi connectivity index (χ2n) is 7.43. The number of piperidine rings is 1. The number of carbonyl (C=O) groups is 2. The Morgan fingerprint density at radius 2 is 1.68 bits per heavy atom. The van der Waals surface area contributed by atoms with Crippen molar-refractivity contribution in [1.82, 2.24) is 10.2 Å². The number of carbonyl (C=O) groups excluding carboxylic acids is 2. The highest BCUT2D eigenvalue weighted by Gasteiger charge is 2.27. The van der Waals surface area contributed by atoms with Crippen LogP contribution in [0.2, 0.25) is 0 Å². The topological polar surface area (TPSA) is 49.4 Å². The van der Waals surface area contributed by atoms with E-state index in [1.165, 1.54) is 5.56 Å². The molecule has 1 aliphatic heterocycles. The molecule has 1 N–H and O–H groups in total. The van der Waals surface area contributed by atoms with Crippen LogP contribution in [0.15, 0.2) is 60.7 Å². The Morgan fingerprint density at radius 1 is 1.04 bits per heavy atom. The molecule has 0 spiro atoms. The molecule has 146 valence electrons. The van der Waals surface area contributed by atoms with E-state index in [0.717, 1.165) is 11.1 Å². The van der Waals surface area contributed by atoms with E-state index >= 15 is 0 Å². The molecule has 4 nitrogen and oxygen atoms in total. The summed E-state index contributed by atoms with van der Waals surface area (Å²) in [6.45, 7) is 5.32. The van der Waals surface area contributed by atoms with Crippen LogP contribution in [-0.4, -0.2) is 29.8 Å². The van der Waals surface area contributed by atoms with Crippen molar-refractivity contribution < 1.29 is 9.59 Å². The Balaban J connectivity index is 1.49. The number of rotatable bonds is 5. The van der Waals surface area contributed by atoms with E-state index in [4.69, 9.17) is 0 Å². The number of hydrogen-bond acceptors (Lipinski definition) is 2. The van der Waals surface area contributed by atoms with Gasteiger partial charge in [-0.3, -0.25) is 9.59 Å². The highest BCUT2D eigenvalue weighted by atomic mass is 16.2. The van der Waals surface area contributed by atoms with E-state index in [0.29, 0.717) is 25.9 Å². The van der Waals surface area contributed by atoms with Crippen LogP contribution in [0.5, 0.6) is 0 Å². The maximum Gasteiger partial charge on any atom is 0.246 e. The molecule has 2 aromatic carbocycles. The van der Waals surface area contributed by atoms with Crippen LogP contribution in [0.1, 0.15) is 42.5 Å². The number of nitrogens with one attached hydrogen (secondary N) is 1. The molecule has 2 aromatic rings. The monoisotopic (exact) mass is 376 g/mol. The van der Waals surface area contributed by atoms with Gasteiger partial charge in [0.2, 0.25) is 11.8 Å². The van der Waals surface area contributed by atoms with Gasteiger partial charge in [-0.15, -0.1) is 0 Å². The minimum Gasteiger partial charge on any atom is -0.349 e. The molecule has 0 bridgehead atoms. The van der Waals surface area contributed by atoms with Crippen LogP contribution in [-0.2, 0) is 9.59 Å². The zero-order valence-corrected chi connectivity index (χ0v) is 16.6. The highest BCUT2D eigenvalue weighted by molar-refractivity contribution is 5.92. The summed E-state index contributed by atoms with van der Waals surface area (Å²) >= 11 is 0. The predicted octanol–water partition coefficient (Wildman–Crippen LogP) is 4.12. The van der Waals surface area contributed by atoms with Crippen molar-refractivity contribution in [3.8, 4) is 0 Å². The van der Waals surface area contributed by atoms with E-state index < -0.39 is 0 Å². The van der Waals surface area contributed by atoms with Gasteiger partial charge in [-0.2, -0.15) is 0 Å². The fourth-order valence-corrected chi connectivity index (χ4v) is 3.68. The second kappa shape index (κ2) is 9.36. The van der Waals surface area contributed by atoms with E-state index in [1.54, 1.807) is 6.08 Å². The Kier molecular flexibility index (Phi) is 6.64. The average Bonchev–Trinajstić information content (AvgIpc) is 2.73. The Hall–Kier alpha value is -2.88. The van der Waals surface area contributed by atoms with Gasteiger partial charge in [0.25, 0.3) is 0 Å². The Labute approximate surface area is 167 Å². The van der Waals surface area contributed by atoms with Gasteiger partial charge in [0.15, 0.2) is 0 Å². The van der Waals surface area contributed by atoms with Gasteiger partial charge in [-0.1, -0.05) is 54.6 Å². The molecule has 4 heteroatoms. The fourth-order valence-electron chi connectivity index (χ4n) is 3.68. The van der Waals surface area contributed by atoms with Crippen LogP contribution in [0.4, 0.5) is 0 Å². The number of likely N-dealkylation sites (tertiary alicyclic amines) is 1. The maximum atomic E-state index is 12.7. The summed E-state index contributed by atoms with van der Waals surface area (Å²) in [6, 6.07) is 17.9. The number of nitrogens with zero attached hydrogens (tertiary/aromatic N) is 1. The van der Waals surface area contributed by atoms with Crippen LogP contribution in [0, 0.1) is 12.8 Å². The van der Waals surface area contributed by atoms with E-state index in [9.17, 15) is 9.59 Å². The summed E-state index contributed by atoms with van der Waals surface area (Å²) in [5.74, 6) is 0.0623. The fraction of sp³-hybridized carbons (Fsp3) is 0.333. The molecular weight excluding hydrogens is 348 g/mol. The lowest BCUT2D eigenvalue weighted by Gasteiger charge is -2.31. The van der Waals surface area contributed by atoms with Crippen molar-refractivity contribution in [2.24, 2.45) is 5.92 Å². The van der Waals surface area contributed by atoms with Gasteiger partial charge < -0.3 is 10.2 Å². The lowest BCUT2D eigenvalue weighted by molar-refractivity contribution is -0.132. The summed E-state index contributed by atoms with van der Waals surface area (Å²) in [6.07, 6.45) is 4.87. The predicted molar refractivity (Wildman–Crippen MR) is 113 cm³/mol. The molecule has 0 saturated carbocycles. The van der Waals surface area contributed by atoms with Crippen molar-refractivity contribution >= 4 is 17.9 Å². The lowest BCUT2D eigenvalue weighted by Crippen LogP contribution is -2.43. The zero-order chi connectivity index (χ0) is 19.9. The van der Waals surface area contributed by atoms with Crippen molar-refractivity contribution in [2.45, 2.75) is 32.7 Å². The standard InChI is InChI=1S/C24H28N2O2/c1-18-8-6-7-11-22(18)19(2)25-24(28)21-14-16-26(17-15-21)23(27)13-12-20-9-4-3-5-10-20/h3-13,19,21H,14-17H2,1-2H3,(H,25,28). The molecule has 0 aliphatic carbocycles. The summed E-state index contributed by atoms with van der Waals surface area (Å²) in [4.78, 5) is 26.9. The summed E-state index contributed by atoms with van der Waals surface area (Å²) < 4.78 is 0. The smallest absolute Gasteiger partial charge is 0.246 e. The first kappa shape index (κ1) is 19.9. The van der Waals surface area contributed by atoms with Gasteiger partial charge in [-0.05, 0) is 49.5 Å². The minimum absolute atomic E-state index is 0.0102. The minimum atomic E-state index is -0.0337. The largest absolute Gasteiger partial charge is 0.349 e. The summed E-state index contributed by atoms with van der Waals surface area (Å²) in [7, 11) is 0. The van der Waals surface area contributed by atoms with Gasteiger partial charge in [0.1, 0.15) is 0 Å². The van der Waals surface area contributed by atoms with Gasteiger partial charge in [0.05, 0.1) is 6.04 Å². The van der Waals surface area contributed by atoms with Crippen LogP contribution >= 0.6 is 0 Å². The molecule has 1 fully saturated rings. The Bertz CT molecular complexity index is 837. The SMILES string of the molecule is Cc1ccccc1C(C)NC(=O)C1CCN(C(=O)C=Cc2ccccc2)CC1. The number of aryl methyl sites for hydroxylation is 1. The zero-order valence-electron chi connectivity index (χ0n) is 16.6. The molecule has 1 atom stereocenters. The third-order valence-electron chi connectivity index (χ3n) is 5.41. The molecule has 0 radical (unpaired) electrons. The number of amides is 2. The summed E-state index contributed by atoms with van der Waals surface area (Å²) in [5, 5.41) is 3.14. The molecule has 1 aliphatic rings. The molecular formula is C24H28N2O2. The third-order valence-corrected chi connectivity index (χ3v) is 5.41. The lowest BCUT2D eigenvalue weighted by atomic mass is 9.94. The second-order valence-corrected chi connectivity index (χ2v) is 7.43. The van der Waals surface area contributed by atoms with Crippen molar-refractivity contribution in [2.75, 3.05) is 13.1 Å². The van der Waals surface area contributed by atoms with Crippen LogP contribution in [0.25, 0.3) is 6.08 Å². The highest BCUT2D eigenvalue weighted by Crippen LogP contribution is 2.21. The van der Waals surface area contributed by atoms with Gasteiger partial charge >= 0.3 is 0 Å². The van der Waals surface area contributed by atoms with Crippen LogP contribution in [0.3, 0.4) is 0 Å². The normalized spacial score (nSPS) is 16.1. The molecule has 3 rings (SSSR count). The van der Waals surface area contributed by atoms with E-state index in [1.807, 2.05) is 60.4 Å². The first-order valence-electron chi connectivity index (χ1n) is 9.92. The maximum absolute atomic E-state index is 12.7. The van der Waals surface area contributed by atoms with Crippen molar-refractivity contribution in [3.63, 3.8) is 0 Å². The first-order chi connectivity index (χ1) is 13.5. The number of benzene rings is 2. The van der Waals surface area contributed by atoms with Gasteiger partial charge in [-0.25, -0.2) is 0 Å². The molecule has 1 heterocycles. The van der Waals surface area contributed by atoms with E-state index in [-0.39, 0.29) is 23.8 Å². The van der Waals surface area contributed by atoms with E-state index in [2.05, 4.69) is 24.4 Å². The molecule has 0 aromatic heterocycles. The third kappa shape index (κ3) is 5.10. The summed E-state index contributed by atoms with van der Waals surface area (Å²) in [5.41, 5.74) is 3.34. The average molecular weight is 377 g/mol. The van der Waals surface area contributed by atoms with Crippen LogP contribution < -0.4 is 5.32 Å². The molecule has 2 amide bonds. The first-order valence-corrected chi connectivity index (χ1v) is 9.92.